The van der Waals surface area contributed by atoms with Crippen LogP contribution in [0.1, 0.15) is 42.1 Å². The highest BCUT2D eigenvalue weighted by molar-refractivity contribution is 7.18. The number of aryl methyl sites for hydroxylation is 2. The molecular formula is C15H22N4OS. The maximum absolute atomic E-state index is 9.84. The molecule has 2 aromatic heterocycles. The molecule has 3 N–H and O–H groups in total. The van der Waals surface area contributed by atoms with Gasteiger partial charge < -0.3 is 10.8 Å². The number of aliphatic hydroxyl groups excluding tert-OH is 1. The third-order valence-electron chi connectivity index (χ3n) is 4.42. The number of nitrogens with zero attached hydrogens (tertiary/aromatic N) is 3. The molecule has 0 aromatic carbocycles. The normalized spacial score (nSPS) is 21.8. The molecule has 1 aliphatic rings. The molecule has 0 spiro atoms. The lowest BCUT2D eigenvalue weighted by molar-refractivity contribution is 0.0485. The molecule has 3 rings (SSSR count). The lowest BCUT2D eigenvalue weighted by Crippen LogP contribution is -2.40. The molecule has 0 saturated carbocycles. The predicted octanol–water partition coefficient (Wildman–Crippen LogP) is 2.41. The molecule has 2 aromatic rings. The number of nitrogens with two attached hydrogens (primary N) is 1. The van der Waals surface area contributed by atoms with Crippen molar-refractivity contribution in [1.29, 1.82) is 0 Å². The number of aromatic nitrogens is 2. The number of likely N-dealkylation sites (tertiary alicyclic amines) is 1. The summed E-state index contributed by atoms with van der Waals surface area (Å²) in [5.41, 5.74) is 7.33. The maximum Gasteiger partial charge on any atom is 0.149 e. The van der Waals surface area contributed by atoms with E-state index in [1.807, 2.05) is 0 Å². The number of nitrogen functional groups attached to an aromatic ring is 1. The van der Waals surface area contributed by atoms with Gasteiger partial charge in [0.25, 0.3) is 0 Å². The van der Waals surface area contributed by atoms with E-state index in [1.165, 1.54) is 10.4 Å². The maximum atomic E-state index is 9.84. The average Bonchev–Trinajstić information content (AvgIpc) is 2.73. The summed E-state index contributed by atoms with van der Waals surface area (Å²) in [7, 11) is 0. The number of fused-ring (bicyclic) bond motifs is 1. The van der Waals surface area contributed by atoms with Crippen molar-refractivity contribution in [2.24, 2.45) is 0 Å². The first-order chi connectivity index (χ1) is 9.97. The zero-order valence-corrected chi connectivity index (χ0v) is 13.6. The van der Waals surface area contributed by atoms with Crippen molar-refractivity contribution in [3.63, 3.8) is 0 Å². The fourth-order valence-corrected chi connectivity index (χ4v) is 4.03. The molecule has 1 aliphatic heterocycles. The highest BCUT2D eigenvalue weighted by Crippen LogP contribution is 2.33. The molecule has 0 aliphatic carbocycles. The fourth-order valence-electron chi connectivity index (χ4n) is 2.98. The zero-order chi connectivity index (χ0) is 15.1. The smallest absolute Gasteiger partial charge is 0.149 e. The first-order valence-corrected chi connectivity index (χ1v) is 8.24. The van der Waals surface area contributed by atoms with E-state index in [9.17, 15) is 5.11 Å². The molecule has 6 heteroatoms. The minimum absolute atomic E-state index is 0.0781. The summed E-state index contributed by atoms with van der Waals surface area (Å²) < 4.78 is 0. The molecule has 2 atom stereocenters. The van der Waals surface area contributed by atoms with Gasteiger partial charge in [-0.05, 0) is 45.7 Å². The van der Waals surface area contributed by atoms with Crippen LogP contribution in [-0.2, 0) is 0 Å². The van der Waals surface area contributed by atoms with Crippen LogP contribution in [0.4, 0.5) is 5.82 Å². The minimum atomic E-state index is -0.242. The quantitative estimate of drug-likeness (QED) is 0.891. The molecule has 0 radical (unpaired) electrons. The fraction of sp³-hybridized carbons (Fsp3) is 0.600. The number of β-amino-alcohol motifs (C(OH)–C–C–N with tert-alkyl or cyclic N) is 1. The third-order valence-corrected chi connectivity index (χ3v) is 5.52. The molecule has 1 saturated heterocycles. The van der Waals surface area contributed by atoms with Crippen LogP contribution in [0.15, 0.2) is 0 Å². The molecule has 1 fully saturated rings. The number of anilines is 1. The Balaban J connectivity index is 1.96. The van der Waals surface area contributed by atoms with Gasteiger partial charge in [0, 0.05) is 11.4 Å². The summed E-state index contributed by atoms with van der Waals surface area (Å²) in [6.07, 6.45) is 1.66. The highest BCUT2D eigenvalue weighted by atomic mass is 32.1. The number of thiophene rings is 1. The number of rotatable bonds is 2. The van der Waals surface area contributed by atoms with Crippen molar-refractivity contribution in [2.45, 2.75) is 45.8 Å². The van der Waals surface area contributed by atoms with Crippen LogP contribution in [0.2, 0.25) is 0 Å². The number of aliphatic hydroxyl groups is 1. The second-order valence-corrected chi connectivity index (χ2v) is 7.10. The van der Waals surface area contributed by atoms with E-state index in [2.05, 4.69) is 30.7 Å². The van der Waals surface area contributed by atoms with Gasteiger partial charge in [-0.1, -0.05) is 0 Å². The van der Waals surface area contributed by atoms with Crippen LogP contribution in [-0.4, -0.2) is 39.2 Å². The Morgan fingerprint density at radius 2 is 2.14 bits per heavy atom. The Morgan fingerprint density at radius 1 is 1.38 bits per heavy atom. The van der Waals surface area contributed by atoms with Crippen LogP contribution < -0.4 is 5.73 Å². The van der Waals surface area contributed by atoms with Crippen LogP contribution in [0.25, 0.3) is 10.2 Å². The summed E-state index contributed by atoms with van der Waals surface area (Å²) in [5, 5.41) is 10.8. The van der Waals surface area contributed by atoms with Gasteiger partial charge in [-0.2, -0.15) is 0 Å². The summed E-state index contributed by atoms with van der Waals surface area (Å²) in [5.74, 6) is 1.33. The Labute approximate surface area is 128 Å². The van der Waals surface area contributed by atoms with E-state index in [-0.39, 0.29) is 12.1 Å². The van der Waals surface area contributed by atoms with Gasteiger partial charge in [0.05, 0.1) is 17.5 Å². The van der Waals surface area contributed by atoms with Crippen molar-refractivity contribution in [3.05, 3.63) is 16.3 Å². The number of piperidine rings is 1. The van der Waals surface area contributed by atoms with E-state index in [0.29, 0.717) is 12.4 Å². The number of hydrogen-bond donors (Lipinski definition) is 2. The van der Waals surface area contributed by atoms with E-state index in [1.54, 1.807) is 11.3 Å². The van der Waals surface area contributed by atoms with Gasteiger partial charge in [-0.15, -0.1) is 11.3 Å². The zero-order valence-electron chi connectivity index (χ0n) is 12.8. The monoisotopic (exact) mass is 306 g/mol. The summed E-state index contributed by atoms with van der Waals surface area (Å²) in [6.45, 7) is 7.90. The van der Waals surface area contributed by atoms with Crippen LogP contribution in [0, 0.1) is 13.8 Å². The molecular weight excluding hydrogens is 284 g/mol. The van der Waals surface area contributed by atoms with E-state index in [0.717, 1.165) is 35.4 Å². The van der Waals surface area contributed by atoms with E-state index >= 15 is 0 Å². The Bertz CT molecular complexity index is 669. The highest BCUT2D eigenvalue weighted by Gasteiger charge is 2.25. The largest absolute Gasteiger partial charge is 0.392 e. The summed E-state index contributed by atoms with van der Waals surface area (Å²) in [6, 6.07) is 0.0781. The Morgan fingerprint density at radius 3 is 2.86 bits per heavy atom. The third kappa shape index (κ3) is 2.63. The average molecular weight is 306 g/mol. The van der Waals surface area contributed by atoms with Gasteiger partial charge in [0.1, 0.15) is 16.5 Å². The van der Waals surface area contributed by atoms with Crippen molar-refractivity contribution in [2.75, 3.05) is 18.8 Å². The molecule has 0 bridgehead atoms. The molecule has 3 heterocycles. The van der Waals surface area contributed by atoms with Crippen LogP contribution >= 0.6 is 11.3 Å². The van der Waals surface area contributed by atoms with Gasteiger partial charge >= 0.3 is 0 Å². The topological polar surface area (TPSA) is 75.3 Å². The molecule has 2 unspecified atom stereocenters. The van der Waals surface area contributed by atoms with Crippen molar-refractivity contribution in [1.82, 2.24) is 14.9 Å². The second kappa shape index (κ2) is 5.51. The van der Waals surface area contributed by atoms with E-state index < -0.39 is 0 Å². The predicted molar refractivity (Wildman–Crippen MR) is 86.5 cm³/mol. The van der Waals surface area contributed by atoms with E-state index in [4.69, 9.17) is 10.7 Å². The summed E-state index contributed by atoms with van der Waals surface area (Å²) in [4.78, 5) is 13.7. The summed E-state index contributed by atoms with van der Waals surface area (Å²) >= 11 is 1.67. The molecule has 21 heavy (non-hydrogen) atoms. The number of hydrogen-bond acceptors (Lipinski definition) is 6. The Kier molecular flexibility index (Phi) is 3.86. The van der Waals surface area contributed by atoms with Crippen molar-refractivity contribution in [3.8, 4) is 0 Å². The SMILES string of the molecule is Cc1sc2nc(C(C)N3CCCC(O)C3)nc(N)c2c1C. The van der Waals surface area contributed by atoms with Crippen LogP contribution in [0.3, 0.4) is 0 Å². The first kappa shape index (κ1) is 14.7. The lowest BCUT2D eigenvalue weighted by Gasteiger charge is -2.34. The van der Waals surface area contributed by atoms with Crippen molar-refractivity contribution < 1.29 is 5.11 Å². The van der Waals surface area contributed by atoms with Gasteiger partial charge in [0.2, 0.25) is 0 Å². The minimum Gasteiger partial charge on any atom is -0.392 e. The van der Waals surface area contributed by atoms with Gasteiger partial charge in [-0.3, -0.25) is 4.90 Å². The van der Waals surface area contributed by atoms with Gasteiger partial charge in [0.15, 0.2) is 0 Å². The Hall–Kier alpha value is -1.24. The van der Waals surface area contributed by atoms with Crippen molar-refractivity contribution >= 4 is 27.4 Å². The lowest BCUT2D eigenvalue weighted by atomic mass is 10.1. The molecule has 114 valence electrons. The van der Waals surface area contributed by atoms with Gasteiger partial charge in [-0.25, -0.2) is 9.97 Å². The standard InChI is InChI=1S/C15H22N4OS/c1-8-10(3)21-15-12(8)13(16)17-14(18-15)9(2)19-6-4-5-11(20)7-19/h9,11,20H,4-7H2,1-3H3,(H2,16,17,18). The first-order valence-electron chi connectivity index (χ1n) is 7.42. The molecule has 0 amide bonds. The second-order valence-electron chi connectivity index (χ2n) is 5.90. The molecule has 5 nitrogen and oxygen atoms in total. The van der Waals surface area contributed by atoms with Crippen LogP contribution in [0.5, 0.6) is 0 Å².